The predicted octanol–water partition coefficient (Wildman–Crippen LogP) is 2.70. The van der Waals surface area contributed by atoms with E-state index in [2.05, 4.69) is 5.11 Å². The Morgan fingerprint density at radius 1 is 1.15 bits per heavy atom. The highest BCUT2D eigenvalue weighted by molar-refractivity contribution is 4.89. The highest BCUT2D eigenvalue weighted by Crippen LogP contribution is 2.44. The SMILES string of the molecule is N=NC1(O)CCC2CCCCC2C1. The maximum atomic E-state index is 9.86. The van der Waals surface area contributed by atoms with Crippen LogP contribution in [-0.2, 0) is 0 Å². The Kier molecular flexibility index (Phi) is 2.37. The van der Waals surface area contributed by atoms with E-state index in [0.29, 0.717) is 12.3 Å². The normalized spacial score (nSPS) is 45.3. The van der Waals surface area contributed by atoms with Crippen molar-refractivity contribution in [2.45, 2.75) is 50.7 Å². The zero-order valence-corrected chi connectivity index (χ0v) is 8.00. The van der Waals surface area contributed by atoms with Crippen LogP contribution in [0.2, 0.25) is 0 Å². The number of nitrogens with one attached hydrogen (secondary N) is 1. The third-order valence-corrected chi connectivity index (χ3v) is 3.78. The fraction of sp³-hybridized carbons (Fsp3) is 1.00. The molecule has 0 spiro atoms. The first kappa shape index (κ1) is 9.13. The van der Waals surface area contributed by atoms with Gasteiger partial charge >= 0.3 is 0 Å². The Morgan fingerprint density at radius 2 is 1.85 bits per heavy atom. The van der Waals surface area contributed by atoms with Crippen molar-refractivity contribution in [3.05, 3.63) is 0 Å². The van der Waals surface area contributed by atoms with E-state index >= 15 is 0 Å². The van der Waals surface area contributed by atoms with Gasteiger partial charge in [0.2, 0.25) is 0 Å². The van der Waals surface area contributed by atoms with Crippen molar-refractivity contribution >= 4 is 0 Å². The van der Waals surface area contributed by atoms with Crippen LogP contribution in [0.4, 0.5) is 0 Å². The largest absolute Gasteiger partial charge is 0.368 e. The van der Waals surface area contributed by atoms with E-state index in [-0.39, 0.29) is 0 Å². The fourth-order valence-corrected chi connectivity index (χ4v) is 2.97. The molecule has 2 saturated carbocycles. The van der Waals surface area contributed by atoms with Crippen molar-refractivity contribution in [2.75, 3.05) is 0 Å². The lowest BCUT2D eigenvalue weighted by Crippen LogP contribution is -2.38. The molecule has 2 rings (SSSR count). The first-order valence-corrected chi connectivity index (χ1v) is 5.34. The average Bonchev–Trinajstić information content (AvgIpc) is 2.18. The Hall–Kier alpha value is -0.440. The number of nitrogens with zero attached hydrogens (tertiary/aromatic N) is 1. The molecule has 13 heavy (non-hydrogen) atoms. The monoisotopic (exact) mass is 182 g/mol. The van der Waals surface area contributed by atoms with E-state index in [1.807, 2.05) is 0 Å². The van der Waals surface area contributed by atoms with Crippen molar-refractivity contribution in [2.24, 2.45) is 17.0 Å². The van der Waals surface area contributed by atoms with Crippen molar-refractivity contribution in [1.82, 2.24) is 0 Å². The van der Waals surface area contributed by atoms with Gasteiger partial charge in [0, 0.05) is 6.42 Å². The van der Waals surface area contributed by atoms with E-state index in [1.165, 1.54) is 25.7 Å². The summed E-state index contributed by atoms with van der Waals surface area (Å²) < 4.78 is 0. The molecule has 2 fully saturated rings. The highest BCUT2D eigenvalue weighted by Gasteiger charge is 2.40. The third kappa shape index (κ3) is 1.75. The summed E-state index contributed by atoms with van der Waals surface area (Å²) in [4.78, 5) is 0. The van der Waals surface area contributed by atoms with Gasteiger partial charge in [-0.3, -0.25) is 0 Å². The minimum Gasteiger partial charge on any atom is -0.368 e. The molecule has 0 aliphatic heterocycles. The van der Waals surface area contributed by atoms with Gasteiger partial charge in [0.1, 0.15) is 0 Å². The summed E-state index contributed by atoms with van der Waals surface area (Å²) in [6, 6.07) is 0. The Labute approximate surface area is 79.0 Å². The molecule has 2 aliphatic rings. The van der Waals surface area contributed by atoms with Gasteiger partial charge in [-0.15, -0.1) is 0 Å². The highest BCUT2D eigenvalue weighted by atomic mass is 16.3. The van der Waals surface area contributed by atoms with Gasteiger partial charge in [0.05, 0.1) is 0 Å². The zero-order valence-electron chi connectivity index (χ0n) is 8.00. The summed E-state index contributed by atoms with van der Waals surface area (Å²) >= 11 is 0. The van der Waals surface area contributed by atoms with Gasteiger partial charge in [0.25, 0.3) is 0 Å². The smallest absolute Gasteiger partial charge is 0.176 e. The molecular formula is C10H18N2O. The molecule has 0 aromatic carbocycles. The summed E-state index contributed by atoms with van der Waals surface area (Å²) in [5.74, 6) is 1.46. The van der Waals surface area contributed by atoms with E-state index in [9.17, 15) is 5.11 Å². The molecule has 0 radical (unpaired) electrons. The molecule has 3 unspecified atom stereocenters. The minimum atomic E-state index is -1.00. The summed E-state index contributed by atoms with van der Waals surface area (Å²) in [6.07, 6.45) is 7.75. The van der Waals surface area contributed by atoms with Gasteiger partial charge in [-0.2, -0.15) is 5.11 Å². The lowest BCUT2D eigenvalue weighted by atomic mass is 9.68. The van der Waals surface area contributed by atoms with Gasteiger partial charge in [0.15, 0.2) is 5.72 Å². The lowest BCUT2D eigenvalue weighted by Gasteiger charge is -2.41. The maximum Gasteiger partial charge on any atom is 0.176 e. The molecule has 3 nitrogen and oxygen atoms in total. The summed E-state index contributed by atoms with van der Waals surface area (Å²) in [5, 5.41) is 13.2. The molecule has 2 N–H and O–H groups in total. The molecule has 3 heteroatoms. The molecule has 0 heterocycles. The first-order chi connectivity index (χ1) is 6.23. The fourth-order valence-electron chi connectivity index (χ4n) is 2.97. The van der Waals surface area contributed by atoms with Crippen LogP contribution in [0.15, 0.2) is 5.11 Å². The Bertz CT molecular complexity index is 207. The van der Waals surface area contributed by atoms with E-state index < -0.39 is 5.72 Å². The standard InChI is InChI=1S/C10H18N2O/c11-12-10(13)6-5-8-3-1-2-4-9(8)7-10/h8-9,11,13H,1-7H2. The molecule has 0 saturated heterocycles. The van der Waals surface area contributed by atoms with Crippen molar-refractivity contribution in [3.8, 4) is 0 Å². The quantitative estimate of drug-likeness (QED) is 0.602. The average molecular weight is 182 g/mol. The van der Waals surface area contributed by atoms with Crippen molar-refractivity contribution < 1.29 is 5.11 Å². The van der Waals surface area contributed by atoms with Crippen LogP contribution in [0.3, 0.4) is 0 Å². The first-order valence-electron chi connectivity index (χ1n) is 5.34. The van der Waals surface area contributed by atoms with E-state index in [0.717, 1.165) is 18.8 Å². The summed E-state index contributed by atoms with van der Waals surface area (Å²) in [6.45, 7) is 0. The number of rotatable bonds is 1. The number of fused-ring (bicyclic) bond motifs is 1. The van der Waals surface area contributed by atoms with Crippen LogP contribution < -0.4 is 0 Å². The molecule has 74 valence electrons. The maximum absolute atomic E-state index is 9.86. The summed E-state index contributed by atoms with van der Waals surface area (Å²) in [5.41, 5.74) is 5.97. The second-order valence-corrected chi connectivity index (χ2v) is 4.64. The molecule has 0 bridgehead atoms. The van der Waals surface area contributed by atoms with Gasteiger partial charge in [-0.05, 0) is 24.7 Å². The lowest BCUT2D eigenvalue weighted by molar-refractivity contribution is -0.0454. The third-order valence-electron chi connectivity index (χ3n) is 3.78. The molecule has 0 amide bonds. The second-order valence-electron chi connectivity index (χ2n) is 4.64. The van der Waals surface area contributed by atoms with Crippen LogP contribution in [0.25, 0.3) is 0 Å². The molecular weight excluding hydrogens is 164 g/mol. The minimum absolute atomic E-state index is 0.640. The van der Waals surface area contributed by atoms with Crippen molar-refractivity contribution in [1.29, 1.82) is 5.53 Å². The van der Waals surface area contributed by atoms with Gasteiger partial charge < -0.3 is 5.11 Å². The topological polar surface area (TPSA) is 56.4 Å². The second kappa shape index (κ2) is 3.37. The van der Waals surface area contributed by atoms with Crippen molar-refractivity contribution in [3.63, 3.8) is 0 Å². The number of hydrogen-bond donors (Lipinski definition) is 2. The molecule has 3 atom stereocenters. The van der Waals surface area contributed by atoms with E-state index in [4.69, 9.17) is 5.53 Å². The predicted molar refractivity (Wildman–Crippen MR) is 49.4 cm³/mol. The Balaban J connectivity index is 2.02. The number of aliphatic hydroxyl groups is 1. The van der Waals surface area contributed by atoms with Crippen LogP contribution in [0.5, 0.6) is 0 Å². The number of hydrogen-bond acceptors (Lipinski definition) is 3. The molecule has 2 aliphatic carbocycles. The zero-order chi connectivity index (χ0) is 9.31. The molecule has 0 aromatic heterocycles. The van der Waals surface area contributed by atoms with Gasteiger partial charge in [-0.25, -0.2) is 5.53 Å². The van der Waals surface area contributed by atoms with Crippen LogP contribution >= 0.6 is 0 Å². The van der Waals surface area contributed by atoms with E-state index in [1.54, 1.807) is 0 Å². The van der Waals surface area contributed by atoms with Crippen LogP contribution in [0, 0.1) is 17.4 Å². The molecule has 0 aromatic rings. The Morgan fingerprint density at radius 3 is 2.54 bits per heavy atom. The summed E-state index contributed by atoms with van der Waals surface area (Å²) in [7, 11) is 0. The van der Waals surface area contributed by atoms with Crippen LogP contribution in [-0.4, -0.2) is 10.8 Å². The van der Waals surface area contributed by atoms with Crippen LogP contribution in [0.1, 0.15) is 44.9 Å². The van der Waals surface area contributed by atoms with Gasteiger partial charge in [-0.1, -0.05) is 25.7 Å².